The molecule has 0 spiro atoms. The van der Waals surface area contributed by atoms with E-state index in [4.69, 9.17) is 20.4 Å². The highest BCUT2D eigenvalue weighted by molar-refractivity contribution is 6.39. The number of ketones is 1. The van der Waals surface area contributed by atoms with Gasteiger partial charge in [0.1, 0.15) is 0 Å². The fourth-order valence-electron chi connectivity index (χ4n) is 2.52. The highest BCUT2D eigenvalue weighted by Gasteiger charge is 2.15. The molecule has 0 aromatic heterocycles. The third-order valence-electron chi connectivity index (χ3n) is 4.44. The van der Waals surface area contributed by atoms with Crippen LogP contribution in [-0.2, 0) is 4.79 Å². The van der Waals surface area contributed by atoms with Crippen molar-refractivity contribution in [2.45, 2.75) is 26.7 Å². The van der Waals surface area contributed by atoms with Crippen LogP contribution in [0.15, 0.2) is 60.7 Å². The van der Waals surface area contributed by atoms with Crippen molar-refractivity contribution in [2.75, 3.05) is 13.2 Å². The summed E-state index contributed by atoms with van der Waals surface area (Å²) < 4.78 is 0. The van der Waals surface area contributed by atoms with Crippen LogP contribution in [0.3, 0.4) is 0 Å². The van der Waals surface area contributed by atoms with Crippen molar-refractivity contribution in [3.8, 4) is 0 Å². The highest BCUT2D eigenvalue weighted by atomic mass is 16.4. The number of hydrogen-bond acceptors (Lipinski definition) is 5. The number of rotatable bonds is 8. The van der Waals surface area contributed by atoms with Gasteiger partial charge < -0.3 is 20.4 Å². The number of carboxylic acid groups (broad SMARTS) is 2. The zero-order chi connectivity index (χ0) is 22.9. The van der Waals surface area contributed by atoms with Gasteiger partial charge in [0.15, 0.2) is 0 Å². The number of aliphatic hydroxyl groups is 2. The smallest absolute Gasteiger partial charge is 0.377 e. The summed E-state index contributed by atoms with van der Waals surface area (Å²) in [4.78, 5) is 31.1. The number of aliphatic hydroxyl groups excluding tert-OH is 2. The summed E-state index contributed by atoms with van der Waals surface area (Å²) in [5, 5.41) is 34.4. The molecule has 0 amide bonds. The quantitative estimate of drug-likeness (QED) is 0.382. The molecule has 0 fully saturated rings. The molecular formula is C23H30O7. The number of carbonyl (C=O) groups excluding carboxylic acids is 1. The maximum Gasteiger partial charge on any atom is 0.377 e. The second-order valence-corrected chi connectivity index (χ2v) is 6.37. The van der Waals surface area contributed by atoms with E-state index in [0.717, 1.165) is 12.8 Å². The van der Waals surface area contributed by atoms with Gasteiger partial charge in [-0.05, 0) is 24.0 Å². The molecule has 2 rings (SSSR count). The Morgan fingerprint density at radius 1 is 0.700 bits per heavy atom. The third-order valence-corrected chi connectivity index (χ3v) is 4.44. The lowest BCUT2D eigenvalue weighted by molar-refractivity contribution is -0.131. The van der Waals surface area contributed by atoms with Gasteiger partial charge in [0, 0.05) is 18.8 Å². The van der Waals surface area contributed by atoms with Gasteiger partial charge in [-0.2, -0.15) is 0 Å². The third kappa shape index (κ3) is 10.5. The average molecular weight is 418 g/mol. The number of carboxylic acids is 2. The maximum atomic E-state index is 10.7. The van der Waals surface area contributed by atoms with Gasteiger partial charge in [0.2, 0.25) is 0 Å². The monoisotopic (exact) mass is 418 g/mol. The molecule has 164 valence electrons. The number of Topliss-reactive ketones (excluding diaryl/α,β-unsaturated/α-hetero) is 1. The first kappa shape index (κ1) is 27.0. The molecule has 7 heteroatoms. The lowest BCUT2D eigenvalue weighted by Gasteiger charge is -2.20. The molecule has 2 aromatic rings. The molecule has 0 aliphatic carbocycles. The van der Waals surface area contributed by atoms with E-state index in [1.165, 1.54) is 12.1 Å². The van der Waals surface area contributed by atoms with Crippen molar-refractivity contribution < 1.29 is 34.8 Å². The Morgan fingerprint density at radius 3 is 1.30 bits per heavy atom. The standard InChI is InChI=1S/C8H6O3.C8H18O2.C7H6O2/c9-7(8(10)11)6-4-2-1-3-5-6;1-3-7(5-9)8(4-2)6-10;8-7(9)6-4-2-1-3-5-6/h1-5H,(H,10,11);7-10H,3-6H2,1-2H3;1-5H,(H,8,9). The average Bonchev–Trinajstić information content (AvgIpc) is 2.78. The molecule has 2 unspecified atom stereocenters. The minimum Gasteiger partial charge on any atom is -0.478 e. The van der Waals surface area contributed by atoms with Crippen molar-refractivity contribution in [3.05, 3.63) is 71.8 Å². The molecule has 4 N–H and O–H groups in total. The summed E-state index contributed by atoms with van der Waals surface area (Å²) in [6.07, 6.45) is 1.91. The number of aromatic carboxylic acids is 1. The molecule has 0 bridgehead atoms. The number of aliphatic carboxylic acids is 1. The van der Waals surface area contributed by atoms with Gasteiger partial charge in [-0.3, -0.25) is 4.79 Å². The first-order valence-corrected chi connectivity index (χ1v) is 9.64. The maximum absolute atomic E-state index is 10.7. The van der Waals surface area contributed by atoms with Gasteiger partial charge in [0.05, 0.1) is 5.56 Å². The van der Waals surface area contributed by atoms with Gasteiger partial charge in [-0.15, -0.1) is 0 Å². The van der Waals surface area contributed by atoms with Gasteiger partial charge in [0.25, 0.3) is 5.78 Å². The summed E-state index contributed by atoms with van der Waals surface area (Å²) >= 11 is 0. The van der Waals surface area contributed by atoms with E-state index in [0.29, 0.717) is 5.56 Å². The Kier molecular flexibility index (Phi) is 14.2. The molecule has 0 saturated carbocycles. The van der Waals surface area contributed by atoms with Crippen molar-refractivity contribution in [1.29, 1.82) is 0 Å². The van der Waals surface area contributed by atoms with Crippen LogP contribution in [0.2, 0.25) is 0 Å². The summed E-state index contributed by atoms with van der Waals surface area (Å²) in [5.74, 6) is -2.60. The predicted molar refractivity (Wildman–Crippen MR) is 114 cm³/mol. The second kappa shape index (κ2) is 15.8. The van der Waals surface area contributed by atoms with Crippen LogP contribution in [0.25, 0.3) is 0 Å². The first-order chi connectivity index (χ1) is 14.3. The normalized spacial score (nSPS) is 11.6. The topological polar surface area (TPSA) is 132 Å². The van der Waals surface area contributed by atoms with Gasteiger partial charge in [-0.1, -0.05) is 75.2 Å². The molecule has 0 aliphatic heterocycles. The van der Waals surface area contributed by atoms with Crippen molar-refractivity contribution in [1.82, 2.24) is 0 Å². The summed E-state index contributed by atoms with van der Waals surface area (Å²) in [6.45, 7) is 4.49. The van der Waals surface area contributed by atoms with Crippen LogP contribution in [0.4, 0.5) is 0 Å². The van der Waals surface area contributed by atoms with Crippen LogP contribution in [-0.4, -0.2) is 51.4 Å². The van der Waals surface area contributed by atoms with Crippen molar-refractivity contribution >= 4 is 17.7 Å². The SMILES string of the molecule is CCC(CO)C(CC)CO.O=C(O)C(=O)c1ccccc1.O=C(O)c1ccccc1. The summed E-state index contributed by atoms with van der Waals surface area (Å²) in [7, 11) is 0. The molecule has 2 aromatic carbocycles. The van der Waals surface area contributed by atoms with Crippen LogP contribution < -0.4 is 0 Å². The van der Waals surface area contributed by atoms with Gasteiger partial charge in [-0.25, -0.2) is 9.59 Å². The molecule has 7 nitrogen and oxygen atoms in total. The van der Waals surface area contributed by atoms with Crippen LogP contribution in [0, 0.1) is 11.8 Å². The molecule has 0 heterocycles. The largest absolute Gasteiger partial charge is 0.478 e. The minimum absolute atomic E-state index is 0.204. The van der Waals surface area contributed by atoms with E-state index >= 15 is 0 Å². The summed E-state index contributed by atoms with van der Waals surface area (Å²) in [5.41, 5.74) is 0.539. The van der Waals surface area contributed by atoms with Crippen LogP contribution in [0.1, 0.15) is 47.4 Å². The van der Waals surface area contributed by atoms with Crippen LogP contribution in [0.5, 0.6) is 0 Å². The fourth-order valence-corrected chi connectivity index (χ4v) is 2.52. The van der Waals surface area contributed by atoms with Gasteiger partial charge >= 0.3 is 11.9 Å². The molecular weight excluding hydrogens is 388 g/mol. The predicted octanol–water partition coefficient (Wildman–Crippen LogP) is 3.36. The second-order valence-electron chi connectivity index (χ2n) is 6.37. The Bertz CT molecular complexity index is 727. The number of carbonyl (C=O) groups is 3. The Balaban J connectivity index is 0.000000423. The Morgan fingerprint density at radius 2 is 1.07 bits per heavy atom. The van der Waals surface area contributed by atoms with E-state index in [2.05, 4.69) is 0 Å². The zero-order valence-corrected chi connectivity index (χ0v) is 17.3. The van der Waals surface area contributed by atoms with E-state index in [1.54, 1.807) is 48.5 Å². The van der Waals surface area contributed by atoms with E-state index < -0.39 is 17.7 Å². The van der Waals surface area contributed by atoms with E-state index in [-0.39, 0.29) is 30.6 Å². The zero-order valence-electron chi connectivity index (χ0n) is 17.3. The lowest BCUT2D eigenvalue weighted by Crippen LogP contribution is -2.20. The minimum atomic E-state index is -1.42. The number of benzene rings is 2. The Labute approximate surface area is 176 Å². The van der Waals surface area contributed by atoms with Crippen molar-refractivity contribution in [3.63, 3.8) is 0 Å². The number of hydrogen-bond donors (Lipinski definition) is 4. The van der Waals surface area contributed by atoms with Crippen LogP contribution >= 0.6 is 0 Å². The molecule has 0 radical (unpaired) electrons. The molecule has 0 aliphatic rings. The van der Waals surface area contributed by atoms with Crippen molar-refractivity contribution in [2.24, 2.45) is 11.8 Å². The Hall–Kier alpha value is -3.03. The van der Waals surface area contributed by atoms with E-state index in [1.807, 2.05) is 13.8 Å². The highest BCUT2D eigenvalue weighted by Crippen LogP contribution is 2.17. The molecule has 2 atom stereocenters. The molecule has 0 saturated heterocycles. The fraction of sp³-hybridized carbons (Fsp3) is 0.348. The first-order valence-electron chi connectivity index (χ1n) is 9.64. The van der Waals surface area contributed by atoms with E-state index in [9.17, 15) is 14.4 Å². The molecule has 30 heavy (non-hydrogen) atoms. The summed E-state index contributed by atoms with van der Waals surface area (Å²) in [6, 6.07) is 16.2. The lowest BCUT2D eigenvalue weighted by atomic mass is 9.89.